The van der Waals surface area contributed by atoms with E-state index in [2.05, 4.69) is 35.9 Å². The highest BCUT2D eigenvalue weighted by atomic mass is 16.3. The van der Waals surface area contributed by atoms with Gasteiger partial charge in [-0.25, -0.2) is 0 Å². The molecule has 0 amide bonds. The van der Waals surface area contributed by atoms with Gasteiger partial charge in [0, 0.05) is 36.8 Å². The minimum absolute atomic E-state index is 0.179. The number of nitrogens with zero attached hydrogens (tertiary/aromatic N) is 2. The third kappa shape index (κ3) is 5.93. The van der Waals surface area contributed by atoms with Crippen molar-refractivity contribution in [2.24, 2.45) is 0 Å². The lowest BCUT2D eigenvalue weighted by Gasteiger charge is -1.98. The molecular formula is C17H24N2O. The highest BCUT2D eigenvalue weighted by molar-refractivity contribution is 5.14. The fourth-order valence-electron chi connectivity index (χ4n) is 1.63. The zero-order chi connectivity index (χ0) is 14.8. The van der Waals surface area contributed by atoms with Gasteiger partial charge in [0.2, 0.25) is 0 Å². The SMILES string of the molecule is CCc1ccc(C)nc1.CCc1ccc(CCO)nc1. The van der Waals surface area contributed by atoms with Gasteiger partial charge in [0.15, 0.2) is 0 Å². The Morgan fingerprint density at radius 1 is 0.900 bits per heavy atom. The minimum atomic E-state index is 0.179. The molecule has 20 heavy (non-hydrogen) atoms. The molecule has 0 aliphatic carbocycles. The molecule has 3 nitrogen and oxygen atoms in total. The van der Waals surface area contributed by atoms with Crippen molar-refractivity contribution < 1.29 is 5.11 Å². The van der Waals surface area contributed by atoms with Gasteiger partial charge in [0.05, 0.1) is 0 Å². The second-order valence-electron chi connectivity index (χ2n) is 4.65. The van der Waals surface area contributed by atoms with Gasteiger partial charge in [0.1, 0.15) is 0 Å². The summed E-state index contributed by atoms with van der Waals surface area (Å²) in [6.07, 6.45) is 6.55. The molecule has 2 rings (SSSR count). The van der Waals surface area contributed by atoms with E-state index in [1.807, 2.05) is 31.5 Å². The molecule has 0 spiro atoms. The van der Waals surface area contributed by atoms with Crippen molar-refractivity contribution in [1.82, 2.24) is 9.97 Å². The van der Waals surface area contributed by atoms with Crippen molar-refractivity contribution in [3.05, 3.63) is 59.2 Å². The van der Waals surface area contributed by atoms with Crippen molar-refractivity contribution in [1.29, 1.82) is 0 Å². The molecule has 0 saturated heterocycles. The summed E-state index contributed by atoms with van der Waals surface area (Å²) in [5.74, 6) is 0. The maximum atomic E-state index is 8.61. The summed E-state index contributed by atoms with van der Waals surface area (Å²) in [5, 5.41) is 8.61. The fraction of sp³-hybridized carbons (Fsp3) is 0.412. The number of hydrogen-bond donors (Lipinski definition) is 1. The molecule has 0 saturated carbocycles. The first-order valence-corrected chi connectivity index (χ1v) is 7.15. The molecule has 2 aromatic rings. The van der Waals surface area contributed by atoms with Crippen molar-refractivity contribution in [2.75, 3.05) is 6.61 Å². The summed E-state index contributed by atoms with van der Waals surface area (Å²) in [5.41, 5.74) is 4.60. The molecular weight excluding hydrogens is 248 g/mol. The van der Waals surface area contributed by atoms with Gasteiger partial charge in [0.25, 0.3) is 0 Å². The largest absolute Gasteiger partial charge is 0.396 e. The Morgan fingerprint density at radius 3 is 1.90 bits per heavy atom. The van der Waals surface area contributed by atoms with E-state index in [0.717, 1.165) is 24.2 Å². The molecule has 0 aliphatic rings. The summed E-state index contributed by atoms with van der Waals surface area (Å²) >= 11 is 0. The highest BCUT2D eigenvalue weighted by Gasteiger charge is 1.92. The molecule has 3 heteroatoms. The standard InChI is InChI=1S/C9H13NO.C8H11N/c1-2-8-3-4-9(5-6-11)10-7-8;1-3-8-5-4-7(2)9-6-8/h3-4,7,11H,2,5-6H2,1H3;4-6H,3H2,1-2H3. The summed E-state index contributed by atoms with van der Waals surface area (Å²) in [7, 11) is 0. The van der Waals surface area contributed by atoms with E-state index in [9.17, 15) is 0 Å². The Kier molecular flexibility index (Phi) is 7.51. The predicted molar refractivity (Wildman–Crippen MR) is 82.8 cm³/mol. The quantitative estimate of drug-likeness (QED) is 0.930. The van der Waals surface area contributed by atoms with Crippen LogP contribution < -0.4 is 0 Å². The Labute approximate surface area is 121 Å². The van der Waals surface area contributed by atoms with Crippen LogP contribution in [0.15, 0.2) is 36.7 Å². The number of aromatic nitrogens is 2. The van der Waals surface area contributed by atoms with Crippen molar-refractivity contribution in [2.45, 2.75) is 40.0 Å². The molecule has 0 aliphatic heterocycles. The van der Waals surface area contributed by atoms with Gasteiger partial charge in [-0.2, -0.15) is 0 Å². The average Bonchev–Trinajstić information content (AvgIpc) is 2.50. The van der Waals surface area contributed by atoms with Crippen LogP contribution in [-0.2, 0) is 19.3 Å². The van der Waals surface area contributed by atoms with E-state index in [-0.39, 0.29) is 6.61 Å². The van der Waals surface area contributed by atoms with Crippen LogP contribution in [0.25, 0.3) is 0 Å². The summed E-state index contributed by atoms with van der Waals surface area (Å²) < 4.78 is 0. The zero-order valence-corrected chi connectivity index (χ0v) is 12.6. The van der Waals surface area contributed by atoms with E-state index in [1.54, 1.807) is 0 Å². The Morgan fingerprint density at radius 2 is 1.50 bits per heavy atom. The van der Waals surface area contributed by atoms with E-state index in [1.165, 1.54) is 11.1 Å². The molecule has 2 heterocycles. The average molecular weight is 272 g/mol. The summed E-state index contributed by atoms with van der Waals surface area (Å²) in [4.78, 5) is 8.33. The highest BCUT2D eigenvalue weighted by Crippen LogP contribution is 2.01. The van der Waals surface area contributed by atoms with Crippen molar-refractivity contribution >= 4 is 0 Å². The molecule has 0 fully saturated rings. The van der Waals surface area contributed by atoms with Gasteiger partial charge < -0.3 is 5.11 Å². The van der Waals surface area contributed by atoms with Gasteiger partial charge in [-0.15, -0.1) is 0 Å². The Hall–Kier alpha value is -1.74. The Balaban J connectivity index is 0.000000204. The van der Waals surface area contributed by atoms with Crippen LogP contribution in [0.3, 0.4) is 0 Å². The second-order valence-corrected chi connectivity index (χ2v) is 4.65. The van der Waals surface area contributed by atoms with E-state index < -0.39 is 0 Å². The lowest BCUT2D eigenvalue weighted by molar-refractivity contribution is 0.298. The smallest absolute Gasteiger partial charge is 0.0486 e. The third-order valence-corrected chi connectivity index (χ3v) is 3.04. The van der Waals surface area contributed by atoms with Crippen molar-refractivity contribution in [3.8, 4) is 0 Å². The number of aryl methyl sites for hydroxylation is 3. The normalized spacial score (nSPS) is 9.80. The van der Waals surface area contributed by atoms with Crippen LogP contribution in [0.2, 0.25) is 0 Å². The van der Waals surface area contributed by atoms with Crippen LogP contribution in [0.1, 0.15) is 36.4 Å². The molecule has 108 valence electrons. The van der Waals surface area contributed by atoms with Crippen molar-refractivity contribution in [3.63, 3.8) is 0 Å². The third-order valence-electron chi connectivity index (χ3n) is 3.04. The maximum Gasteiger partial charge on any atom is 0.0486 e. The molecule has 0 radical (unpaired) electrons. The summed E-state index contributed by atoms with van der Waals surface area (Å²) in [6, 6.07) is 8.17. The molecule has 1 N–H and O–H groups in total. The van der Waals surface area contributed by atoms with E-state index in [4.69, 9.17) is 5.11 Å². The van der Waals surface area contributed by atoms with Crippen LogP contribution in [0.5, 0.6) is 0 Å². The van der Waals surface area contributed by atoms with Gasteiger partial charge >= 0.3 is 0 Å². The van der Waals surface area contributed by atoms with Gasteiger partial charge in [-0.05, 0) is 43.0 Å². The Bertz CT molecular complexity index is 477. The van der Waals surface area contributed by atoms with Crippen LogP contribution in [-0.4, -0.2) is 21.7 Å². The molecule has 0 bridgehead atoms. The number of aliphatic hydroxyl groups is 1. The number of pyridine rings is 2. The minimum Gasteiger partial charge on any atom is -0.396 e. The topological polar surface area (TPSA) is 46.0 Å². The first-order chi connectivity index (χ1) is 9.69. The first-order valence-electron chi connectivity index (χ1n) is 7.15. The van der Waals surface area contributed by atoms with Crippen LogP contribution in [0.4, 0.5) is 0 Å². The monoisotopic (exact) mass is 272 g/mol. The van der Waals surface area contributed by atoms with Gasteiger partial charge in [-0.3, -0.25) is 9.97 Å². The van der Waals surface area contributed by atoms with Crippen LogP contribution >= 0.6 is 0 Å². The summed E-state index contributed by atoms with van der Waals surface area (Å²) in [6.45, 7) is 6.41. The lowest BCUT2D eigenvalue weighted by Crippen LogP contribution is -1.94. The predicted octanol–water partition coefficient (Wildman–Crippen LogP) is 3.13. The lowest BCUT2D eigenvalue weighted by atomic mass is 10.2. The second kappa shape index (κ2) is 9.21. The first kappa shape index (κ1) is 16.3. The fourth-order valence-corrected chi connectivity index (χ4v) is 1.63. The maximum absolute atomic E-state index is 8.61. The zero-order valence-electron chi connectivity index (χ0n) is 12.6. The number of rotatable bonds is 4. The van der Waals surface area contributed by atoms with Gasteiger partial charge in [-0.1, -0.05) is 26.0 Å². The molecule has 0 atom stereocenters. The molecule has 0 aromatic carbocycles. The van der Waals surface area contributed by atoms with E-state index >= 15 is 0 Å². The molecule has 0 unspecified atom stereocenters. The van der Waals surface area contributed by atoms with Crippen LogP contribution in [0, 0.1) is 6.92 Å². The van der Waals surface area contributed by atoms with E-state index in [0.29, 0.717) is 6.42 Å². The number of aliphatic hydroxyl groups excluding tert-OH is 1. The number of hydrogen-bond acceptors (Lipinski definition) is 3. The molecule has 2 aromatic heterocycles.